The van der Waals surface area contributed by atoms with E-state index in [2.05, 4.69) is 22.5 Å². The second kappa shape index (κ2) is 12.1. The molecule has 1 fully saturated rings. The monoisotopic (exact) mass is 481 g/mol. The van der Waals surface area contributed by atoms with Crippen LogP contribution in [0.5, 0.6) is 0 Å². The molecule has 3 N–H and O–H groups in total. The highest BCUT2D eigenvalue weighted by molar-refractivity contribution is 6.02. The average molecular weight is 482 g/mol. The molecule has 0 spiro atoms. The number of carbonyl (C=O) groups excluding carboxylic acids is 1. The quantitative estimate of drug-likeness (QED) is 0.377. The van der Waals surface area contributed by atoms with Crippen LogP contribution in [-0.4, -0.2) is 42.9 Å². The molecule has 0 bridgehead atoms. The molecule has 2 aromatic carbocycles. The molecule has 0 aliphatic carbocycles. The van der Waals surface area contributed by atoms with E-state index in [0.717, 1.165) is 49.4 Å². The van der Waals surface area contributed by atoms with Crippen molar-refractivity contribution in [2.24, 2.45) is 0 Å². The molecule has 0 aromatic heterocycles. The number of amides is 2. The molecule has 3 rings (SSSR count). The van der Waals surface area contributed by atoms with Crippen LogP contribution in [0.25, 0.3) is 0 Å². The summed E-state index contributed by atoms with van der Waals surface area (Å²) in [5, 5.41) is 15.6. The first-order chi connectivity index (χ1) is 16.8. The Balaban J connectivity index is 1.99. The lowest BCUT2D eigenvalue weighted by molar-refractivity contribution is -0.138. The fourth-order valence-corrected chi connectivity index (χ4v) is 5.06. The minimum atomic E-state index is -0.818. The molecule has 1 aliphatic heterocycles. The summed E-state index contributed by atoms with van der Waals surface area (Å²) in [6.45, 7) is 10.4. The second-order valence-corrected chi connectivity index (χ2v) is 9.36. The van der Waals surface area contributed by atoms with E-state index in [9.17, 15) is 14.7 Å². The maximum absolute atomic E-state index is 13.0. The summed E-state index contributed by atoms with van der Waals surface area (Å²) < 4.78 is 5.57. The first-order valence-electron chi connectivity index (χ1n) is 12.7. The lowest BCUT2D eigenvalue weighted by Crippen LogP contribution is -2.40. The third-order valence-corrected chi connectivity index (χ3v) is 7.29. The predicted molar refractivity (Wildman–Crippen MR) is 142 cm³/mol. The maximum Gasteiger partial charge on any atom is 0.323 e. The Bertz CT molecular complexity index is 996. The van der Waals surface area contributed by atoms with Crippen LogP contribution in [0.1, 0.15) is 64.0 Å². The lowest BCUT2D eigenvalue weighted by atomic mass is 9.73. The normalized spacial score (nSPS) is 14.4. The number of urea groups is 1. The van der Waals surface area contributed by atoms with Crippen LogP contribution in [0.15, 0.2) is 42.5 Å². The summed E-state index contributed by atoms with van der Waals surface area (Å²) in [6.07, 6.45) is 3.30. The molecule has 0 saturated carbocycles. The van der Waals surface area contributed by atoms with E-state index < -0.39 is 11.4 Å². The number of nitrogens with zero attached hydrogens (tertiary/aromatic N) is 1. The van der Waals surface area contributed by atoms with Gasteiger partial charge in [0.25, 0.3) is 0 Å². The van der Waals surface area contributed by atoms with Gasteiger partial charge in [-0.1, -0.05) is 37.6 Å². The van der Waals surface area contributed by atoms with E-state index in [4.69, 9.17) is 4.74 Å². The minimum absolute atomic E-state index is 0.0474. The molecule has 2 aromatic rings. The molecule has 1 saturated heterocycles. The van der Waals surface area contributed by atoms with Gasteiger partial charge in [-0.05, 0) is 69.4 Å². The number of hydrogen-bond donors (Lipinski definition) is 3. The van der Waals surface area contributed by atoms with Gasteiger partial charge in [-0.3, -0.25) is 4.79 Å². The zero-order chi connectivity index (χ0) is 25.4. The van der Waals surface area contributed by atoms with Crippen molar-refractivity contribution >= 4 is 29.1 Å². The number of carboxylic acid groups (broad SMARTS) is 1. The molecule has 1 aliphatic rings. The molecule has 0 unspecified atom stereocenters. The second-order valence-electron chi connectivity index (χ2n) is 9.36. The fourth-order valence-electron chi connectivity index (χ4n) is 5.06. The number of aryl methyl sites for hydroxylation is 1. The van der Waals surface area contributed by atoms with Crippen molar-refractivity contribution < 1.29 is 19.4 Å². The predicted octanol–water partition coefficient (Wildman–Crippen LogP) is 6.18. The van der Waals surface area contributed by atoms with E-state index in [1.807, 2.05) is 63.2 Å². The van der Waals surface area contributed by atoms with Crippen LogP contribution >= 0.6 is 0 Å². The van der Waals surface area contributed by atoms with Gasteiger partial charge in [0.15, 0.2) is 0 Å². The van der Waals surface area contributed by atoms with Crippen molar-refractivity contribution in [2.75, 3.05) is 35.3 Å². The third kappa shape index (κ3) is 6.54. The highest BCUT2D eigenvalue weighted by Gasteiger charge is 2.33. The van der Waals surface area contributed by atoms with Crippen molar-refractivity contribution in [1.29, 1.82) is 0 Å². The Morgan fingerprint density at radius 2 is 1.69 bits per heavy atom. The fraction of sp³-hybridized carbons (Fsp3) is 0.500. The van der Waals surface area contributed by atoms with Crippen LogP contribution in [0.3, 0.4) is 0 Å². The highest BCUT2D eigenvalue weighted by atomic mass is 16.5. The van der Waals surface area contributed by atoms with E-state index in [-0.39, 0.29) is 12.5 Å². The van der Waals surface area contributed by atoms with Gasteiger partial charge in [0.2, 0.25) is 0 Å². The van der Waals surface area contributed by atoms with Crippen molar-refractivity contribution in [3.05, 3.63) is 53.6 Å². The lowest BCUT2D eigenvalue weighted by Gasteiger charge is -2.37. The molecule has 35 heavy (non-hydrogen) atoms. The SMILES string of the molecule is CCN(c1ccc(C(CC)(CC)CC(=O)O)cc1NC(=O)Nc1ccc(C)cc1)C1CCOCC1. The summed E-state index contributed by atoms with van der Waals surface area (Å²) in [5.74, 6) is -0.818. The number of anilines is 3. The summed E-state index contributed by atoms with van der Waals surface area (Å²) in [7, 11) is 0. The van der Waals surface area contributed by atoms with Crippen LogP contribution in [0.2, 0.25) is 0 Å². The van der Waals surface area contributed by atoms with Crippen molar-refractivity contribution in [3.63, 3.8) is 0 Å². The highest BCUT2D eigenvalue weighted by Crippen LogP contribution is 2.40. The largest absolute Gasteiger partial charge is 0.481 e. The Morgan fingerprint density at radius 3 is 2.26 bits per heavy atom. The number of benzene rings is 2. The van der Waals surface area contributed by atoms with Crippen molar-refractivity contribution in [3.8, 4) is 0 Å². The van der Waals surface area contributed by atoms with E-state index in [0.29, 0.717) is 30.3 Å². The molecule has 7 nitrogen and oxygen atoms in total. The zero-order valence-electron chi connectivity index (χ0n) is 21.4. The van der Waals surface area contributed by atoms with E-state index in [1.165, 1.54) is 0 Å². The summed E-state index contributed by atoms with van der Waals surface area (Å²) in [5.41, 5.74) is 3.90. The molecule has 0 atom stereocenters. The van der Waals surface area contributed by atoms with Gasteiger partial charge in [-0.2, -0.15) is 0 Å². The number of carboxylic acids is 1. The Labute approximate surface area is 208 Å². The molecular weight excluding hydrogens is 442 g/mol. The topological polar surface area (TPSA) is 90.9 Å². The summed E-state index contributed by atoms with van der Waals surface area (Å²) in [4.78, 5) is 27.1. The minimum Gasteiger partial charge on any atom is -0.481 e. The van der Waals surface area contributed by atoms with Crippen LogP contribution < -0.4 is 15.5 Å². The molecule has 0 radical (unpaired) electrons. The maximum atomic E-state index is 13.0. The molecule has 190 valence electrons. The first kappa shape index (κ1) is 26.5. The number of carbonyl (C=O) groups is 2. The van der Waals surface area contributed by atoms with Gasteiger partial charge in [0, 0.05) is 36.9 Å². The Morgan fingerprint density at radius 1 is 1.03 bits per heavy atom. The molecular formula is C28H39N3O4. The number of ether oxygens (including phenoxy) is 1. The third-order valence-electron chi connectivity index (χ3n) is 7.29. The van der Waals surface area contributed by atoms with Gasteiger partial charge >= 0.3 is 12.0 Å². The summed E-state index contributed by atoms with van der Waals surface area (Å²) >= 11 is 0. The standard InChI is InChI=1S/C28H39N3O4/c1-5-28(6-2,19-26(32)33)21-10-13-25(31(7-3)23-14-16-35-17-15-23)24(18-21)30-27(34)29-22-11-8-20(4)9-12-22/h8-13,18,23H,5-7,14-17,19H2,1-4H3,(H,32,33)(H2,29,30,34). The van der Waals surface area contributed by atoms with E-state index in [1.54, 1.807) is 0 Å². The van der Waals surface area contributed by atoms with Gasteiger partial charge in [0.1, 0.15) is 0 Å². The Kier molecular flexibility index (Phi) is 9.15. The smallest absolute Gasteiger partial charge is 0.323 e. The number of nitrogens with one attached hydrogen (secondary N) is 2. The molecule has 2 amide bonds. The number of aliphatic carboxylic acids is 1. The first-order valence-corrected chi connectivity index (χ1v) is 12.7. The van der Waals surface area contributed by atoms with Gasteiger partial charge < -0.3 is 25.4 Å². The van der Waals surface area contributed by atoms with Crippen LogP contribution in [-0.2, 0) is 14.9 Å². The van der Waals surface area contributed by atoms with E-state index >= 15 is 0 Å². The molecule has 7 heteroatoms. The van der Waals surface area contributed by atoms with Crippen molar-refractivity contribution in [2.45, 2.75) is 71.3 Å². The average Bonchev–Trinajstić information content (AvgIpc) is 2.86. The van der Waals surface area contributed by atoms with Gasteiger partial charge in [-0.25, -0.2) is 4.79 Å². The van der Waals surface area contributed by atoms with Crippen molar-refractivity contribution in [1.82, 2.24) is 0 Å². The van der Waals surface area contributed by atoms with Gasteiger partial charge in [-0.15, -0.1) is 0 Å². The zero-order valence-corrected chi connectivity index (χ0v) is 21.4. The van der Waals surface area contributed by atoms with Crippen LogP contribution in [0.4, 0.5) is 21.9 Å². The molecule has 1 heterocycles. The van der Waals surface area contributed by atoms with Gasteiger partial charge in [0.05, 0.1) is 17.8 Å². The number of rotatable bonds is 10. The van der Waals surface area contributed by atoms with Crippen LogP contribution in [0, 0.1) is 6.92 Å². The Hall–Kier alpha value is -3.06. The summed E-state index contributed by atoms with van der Waals surface area (Å²) in [6, 6.07) is 13.7. The number of hydrogen-bond acceptors (Lipinski definition) is 4.